The van der Waals surface area contributed by atoms with Crippen molar-refractivity contribution >= 4 is 20.1 Å². The Morgan fingerprint density at radius 2 is 1.64 bits per heavy atom. The summed E-state index contributed by atoms with van der Waals surface area (Å²) in [6.07, 6.45) is 1.85. The van der Waals surface area contributed by atoms with Gasteiger partial charge in [0.05, 0.1) is 12.2 Å². The summed E-state index contributed by atoms with van der Waals surface area (Å²) in [5, 5.41) is 0.160. The van der Waals surface area contributed by atoms with Crippen molar-refractivity contribution in [2.75, 3.05) is 6.26 Å². The third-order valence-electron chi connectivity index (χ3n) is 5.04. The monoisotopic (exact) mass is 348 g/mol. The molecule has 0 radical (unpaired) electrons. The van der Waals surface area contributed by atoms with Crippen LogP contribution in [-0.2, 0) is 18.6 Å². The van der Waals surface area contributed by atoms with Gasteiger partial charge in [0.15, 0.2) is 14.1 Å². The minimum Gasteiger partial charge on any atom is -0.409 e. The topological polar surface area (TPSA) is 36.9 Å². The van der Waals surface area contributed by atoms with Crippen LogP contribution >= 0.6 is 11.8 Å². The molecule has 130 valence electrons. The highest BCUT2D eigenvalue weighted by molar-refractivity contribution is 7.99. The average Bonchev–Trinajstić information content (AvgIpc) is 2.66. The quantitative estimate of drug-likeness (QED) is 0.721. The van der Waals surface area contributed by atoms with Gasteiger partial charge in [-0.3, -0.25) is 0 Å². The molecule has 2 aliphatic heterocycles. The minimum absolute atomic E-state index is 0.000964. The van der Waals surface area contributed by atoms with Crippen LogP contribution in [-0.4, -0.2) is 50.2 Å². The molecule has 0 saturated carbocycles. The fourth-order valence-corrected chi connectivity index (χ4v) is 4.91. The van der Waals surface area contributed by atoms with E-state index >= 15 is 0 Å². The first-order valence-electron chi connectivity index (χ1n) is 8.10. The van der Waals surface area contributed by atoms with Gasteiger partial charge in [-0.15, -0.1) is 11.8 Å². The first-order valence-corrected chi connectivity index (χ1v) is 12.3. The second kappa shape index (κ2) is 6.04. The lowest BCUT2D eigenvalue weighted by Gasteiger charge is -2.46. The minimum atomic E-state index is -1.89. The van der Waals surface area contributed by atoms with Crippen LogP contribution in [0.25, 0.3) is 0 Å². The number of hydrogen-bond acceptors (Lipinski definition) is 5. The molecule has 22 heavy (non-hydrogen) atoms. The van der Waals surface area contributed by atoms with Gasteiger partial charge in [0.25, 0.3) is 0 Å². The summed E-state index contributed by atoms with van der Waals surface area (Å²) >= 11 is 1.68. The molecule has 4 nitrogen and oxygen atoms in total. The van der Waals surface area contributed by atoms with E-state index in [-0.39, 0.29) is 34.9 Å². The standard InChI is InChI=1S/C16H32O4SSi/c1-10-11(20-22(8,9)15(2,3)4)12-13(14(17-10)21-7)19-16(5,6)18-12/h10-14H,1-9H3/t10-,11-,12+,13+,14+/m0/s1. The smallest absolute Gasteiger partial charge is 0.192 e. The molecular weight excluding hydrogens is 316 g/mol. The zero-order valence-corrected chi connectivity index (χ0v) is 17.2. The molecule has 6 heteroatoms. The van der Waals surface area contributed by atoms with E-state index in [9.17, 15) is 0 Å². The summed E-state index contributed by atoms with van der Waals surface area (Å²) in [4.78, 5) is 0. The maximum absolute atomic E-state index is 6.66. The van der Waals surface area contributed by atoms with Crippen LogP contribution in [0, 0.1) is 0 Å². The highest BCUT2D eigenvalue weighted by Gasteiger charge is 2.56. The zero-order chi connectivity index (χ0) is 16.9. The lowest BCUT2D eigenvalue weighted by molar-refractivity contribution is -0.155. The van der Waals surface area contributed by atoms with Crippen molar-refractivity contribution in [2.24, 2.45) is 0 Å². The first-order chi connectivity index (χ1) is 9.88. The molecule has 0 aliphatic carbocycles. The third kappa shape index (κ3) is 3.57. The lowest BCUT2D eigenvalue weighted by atomic mass is 10.0. The Labute approximate surface area is 140 Å². The highest BCUT2D eigenvalue weighted by atomic mass is 32.2. The van der Waals surface area contributed by atoms with Gasteiger partial charge >= 0.3 is 0 Å². The Kier molecular flexibility index (Phi) is 5.15. The Hall–Kier alpha value is 0.407. The molecule has 0 bridgehead atoms. The van der Waals surface area contributed by atoms with Crippen molar-refractivity contribution in [2.45, 2.75) is 95.3 Å². The summed E-state index contributed by atoms with van der Waals surface area (Å²) in [7, 11) is -1.89. The fraction of sp³-hybridized carbons (Fsp3) is 1.00. The van der Waals surface area contributed by atoms with E-state index in [4.69, 9.17) is 18.6 Å². The van der Waals surface area contributed by atoms with Gasteiger partial charge in [-0.2, -0.15) is 0 Å². The van der Waals surface area contributed by atoms with Crippen LogP contribution in [0.5, 0.6) is 0 Å². The van der Waals surface area contributed by atoms with Crippen LogP contribution in [0.2, 0.25) is 18.1 Å². The van der Waals surface area contributed by atoms with Gasteiger partial charge in [0.1, 0.15) is 17.6 Å². The number of hydrogen-bond donors (Lipinski definition) is 0. The Balaban J connectivity index is 2.24. The van der Waals surface area contributed by atoms with Crippen LogP contribution < -0.4 is 0 Å². The maximum Gasteiger partial charge on any atom is 0.192 e. The van der Waals surface area contributed by atoms with Gasteiger partial charge in [-0.25, -0.2) is 0 Å². The molecule has 2 aliphatic rings. The largest absolute Gasteiger partial charge is 0.409 e. The molecule has 2 fully saturated rings. The summed E-state index contributed by atoms with van der Waals surface area (Å²) in [6, 6.07) is 0. The molecule has 2 saturated heterocycles. The van der Waals surface area contributed by atoms with E-state index in [0.29, 0.717) is 0 Å². The Morgan fingerprint density at radius 3 is 2.14 bits per heavy atom. The van der Waals surface area contributed by atoms with Gasteiger partial charge in [0, 0.05) is 0 Å². The molecule has 0 unspecified atom stereocenters. The van der Waals surface area contributed by atoms with Gasteiger partial charge < -0.3 is 18.6 Å². The second-order valence-electron chi connectivity index (χ2n) is 8.35. The summed E-state index contributed by atoms with van der Waals surface area (Å²) < 4.78 is 25.1. The third-order valence-corrected chi connectivity index (χ3v) is 10.4. The summed E-state index contributed by atoms with van der Waals surface area (Å²) in [6.45, 7) is 17.3. The van der Waals surface area contributed by atoms with Gasteiger partial charge in [-0.1, -0.05) is 20.8 Å². The van der Waals surface area contributed by atoms with E-state index in [2.05, 4.69) is 47.0 Å². The molecule has 0 amide bonds. The van der Waals surface area contributed by atoms with Crippen LogP contribution in [0.1, 0.15) is 41.5 Å². The lowest BCUT2D eigenvalue weighted by Crippen LogP contribution is -2.59. The van der Waals surface area contributed by atoms with Crippen molar-refractivity contribution < 1.29 is 18.6 Å². The molecule has 2 heterocycles. The van der Waals surface area contributed by atoms with Crippen molar-refractivity contribution in [1.29, 1.82) is 0 Å². The number of fused-ring (bicyclic) bond motifs is 1. The SMILES string of the molecule is CS[C@H]1O[C@@H](C)[C@H](O[Si](C)(C)C(C)(C)C)[C@H]2OC(C)(C)O[C@H]21. The molecule has 0 N–H and O–H groups in total. The van der Waals surface area contributed by atoms with E-state index in [1.54, 1.807) is 11.8 Å². The number of thioether (sulfide) groups is 1. The second-order valence-corrected chi connectivity index (χ2v) is 14.0. The number of rotatable bonds is 3. The molecular formula is C16H32O4SSi. The van der Waals surface area contributed by atoms with E-state index < -0.39 is 14.1 Å². The van der Waals surface area contributed by atoms with Crippen LogP contribution in [0.4, 0.5) is 0 Å². The predicted molar refractivity (Wildman–Crippen MR) is 93.7 cm³/mol. The average molecular weight is 349 g/mol. The van der Waals surface area contributed by atoms with E-state index in [0.717, 1.165) is 0 Å². The Bertz CT molecular complexity index is 407. The summed E-state index contributed by atoms with van der Waals surface area (Å²) in [5.74, 6) is -0.578. The molecule has 0 aromatic rings. The molecule has 0 aromatic carbocycles. The normalized spacial score (nSPS) is 38.9. The van der Waals surface area contributed by atoms with Crippen LogP contribution in [0.3, 0.4) is 0 Å². The first kappa shape index (κ1) is 18.7. The van der Waals surface area contributed by atoms with Crippen molar-refractivity contribution in [3.8, 4) is 0 Å². The maximum atomic E-state index is 6.66. The van der Waals surface area contributed by atoms with Crippen molar-refractivity contribution in [1.82, 2.24) is 0 Å². The van der Waals surface area contributed by atoms with Crippen molar-refractivity contribution in [3.63, 3.8) is 0 Å². The molecule has 0 aromatic heterocycles. The molecule has 0 spiro atoms. The van der Waals surface area contributed by atoms with Gasteiger partial charge in [0.2, 0.25) is 0 Å². The molecule has 5 atom stereocenters. The van der Waals surface area contributed by atoms with Crippen LogP contribution in [0.15, 0.2) is 0 Å². The molecule has 2 rings (SSSR count). The van der Waals surface area contributed by atoms with E-state index in [1.807, 2.05) is 13.8 Å². The number of ether oxygens (including phenoxy) is 3. The fourth-order valence-electron chi connectivity index (χ4n) is 2.78. The zero-order valence-electron chi connectivity index (χ0n) is 15.4. The predicted octanol–water partition coefficient (Wildman–Crippen LogP) is 4.00. The Morgan fingerprint density at radius 1 is 1.09 bits per heavy atom. The van der Waals surface area contributed by atoms with Crippen molar-refractivity contribution in [3.05, 3.63) is 0 Å². The van der Waals surface area contributed by atoms with E-state index in [1.165, 1.54) is 0 Å². The summed E-state index contributed by atoms with van der Waals surface area (Å²) in [5.41, 5.74) is 0.000964. The highest BCUT2D eigenvalue weighted by Crippen LogP contribution is 2.44. The van der Waals surface area contributed by atoms with Gasteiger partial charge in [-0.05, 0) is 45.2 Å².